The fraction of sp³-hybridized carbons (Fsp3) is 0.467. The van der Waals surface area contributed by atoms with Crippen molar-refractivity contribution in [3.8, 4) is 0 Å². The predicted octanol–water partition coefficient (Wildman–Crippen LogP) is 1.71. The molecule has 122 valence electrons. The summed E-state index contributed by atoms with van der Waals surface area (Å²) in [7, 11) is 0. The summed E-state index contributed by atoms with van der Waals surface area (Å²) in [5.74, 6) is -0.493. The Kier molecular flexibility index (Phi) is 4.40. The van der Waals surface area contributed by atoms with Gasteiger partial charge in [0.2, 0.25) is 5.91 Å². The normalized spacial score (nSPS) is 18.6. The molecule has 1 aliphatic rings. The first-order chi connectivity index (χ1) is 11.1. The number of aromatic carboxylic acids is 1. The molecule has 3 heterocycles. The molecule has 8 heteroatoms. The van der Waals surface area contributed by atoms with Crippen molar-refractivity contribution in [3.63, 3.8) is 0 Å². The first-order valence-electron chi connectivity index (χ1n) is 7.61. The number of carboxylic acids is 1. The smallest absolute Gasteiger partial charge is 0.358 e. The Hall–Kier alpha value is -2.64. The number of amides is 1. The molecule has 0 saturated carbocycles. The van der Waals surface area contributed by atoms with Crippen LogP contribution in [-0.2, 0) is 11.3 Å². The van der Waals surface area contributed by atoms with E-state index in [2.05, 4.69) is 10.3 Å². The molecular weight excluding hydrogens is 300 g/mol. The van der Waals surface area contributed by atoms with Crippen LogP contribution in [-0.4, -0.2) is 43.4 Å². The quantitative estimate of drug-likeness (QED) is 0.921. The molecule has 0 radical (unpaired) electrons. The summed E-state index contributed by atoms with van der Waals surface area (Å²) in [6.45, 7) is 0.627. The molecule has 1 aliphatic heterocycles. The van der Waals surface area contributed by atoms with Crippen molar-refractivity contribution in [1.82, 2.24) is 19.9 Å². The highest BCUT2D eigenvalue weighted by molar-refractivity contribution is 5.84. The van der Waals surface area contributed by atoms with Crippen LogP contribution < -0.4 is 0 Å². The average molecular weight is 318 g/mol. The van der Waals surface area contributed by atoms with E-state index in [1.54, 1.807) is 11.2 Å². The van der Waals surface area contributed by atoms with Crippen LogP contribution in [0.15, 0.2) is 29.0 Å². The van der Waals surface area contributed by atoms with Crippen molar-refractivity contribution < 1.29 is 19.1 Å². The molecule has 8 nitrogen and oxygen atoms in total. The molecule has 1 amide bonds. The lowest BCUT2D eigenvalue weighted by Gasteiger charge is -2.28. The van der Waals surface area contributed by atoms with Crippen LogP contribution in [0.3, 0.4) is 0 Å². The molecule has 1 saturated heterocycles. The summed E-state index contributed by atoms with van der Waals surface area (Å²) in [5, 5.41) is 16.1. The van der Waals surface area contributed by atoms with Gasteiger partial charge in [0, 0.05) is 6.54 Å². The average Bonchev–Trinajstić information content (AvgIpc) is 3.15. The summed E-state index contributed by atoms with van der Waals surface area (Å²) in [6.07, 6.45) is 6.80. The van der Waals surface area contributed by atoms with Gasteiger partial charge in [-0.25, -0.2) is 9.48 Å². The number of hydrogen-bond donors (Lipinski definition) is 1. The lowest BCUT2D eigenvalue weighted by Crippen LogP contribution is -2.37. The van der Waals surface area contributed by atoms with E-state index in [4.69, 9.17) is 9.52 Å². The Morgan fingerprint density at radius 2 is 2.22 bits per heavy atom. The minimum atomic E-state index is -1.16. The summed E-state index contributed by atoms with van der Waals surface area (Å²) in [5.41, 5.74) is -0.170. The van der Waals surface area contributed by atoms with Crippen molar-refractivity contribution >= 4 is 11.9 Å². The van der Waals surface area contributed by atoms with Crippen molar-refractivity contribution in [1.29, 1.82) is 0 Å². The van der Waals surface area contributed by atoms with Gasteiger partial charge in [-0.1, -0.05) is 18.1 Å². The summed E-state index contributed by atoms with van der Waals surface area (Å²) in [6, 6.07) is 3.62. The third kappa shape index (κ3) is 3.41. The summed E-state index contributed by atoms with van der Waals surface area (Å²) < 4.78 is 6.75. The minimum absolute atomic E-state index is 0.0303. The molecule has 1 unspecified atom stereocenters. The van der Waals surface area contributed by atoms with Gasteiger partial charge in [0.15, 0.2) is 5.69 Å². The van der Waals surface area contributed by atoms with Gasteiger partial charge in [-0.3, -0.25) is 4.79 Å². The van der Waals surface area contributed by atoms with E-state index in [0.717, 1.165) is 31.4 Å². The highest BCUT2D eigenvalue weighted by atomic mass is 16.4. The number of nitrogens with zero attached hydrogens (tertiary/aromatic N) is 4. The largest absolute Gasteiger partial charge is 0.476 e. The van der Waals surface area contributed by atoms with E-state index in [-0.39, 0.29) is 24.2 Å². The molecule has 1 atom stereocenters. The molecule has 0 bridgehead atoms. The Labute approximate surface area is 132 Å². The van der Waals surface area contributed by atoms with Crippen LogP contribution in [0.2, 0.25) is 0 Å². The van der Waals surface area contributed by atoms with Gasteiger partial charge in [-0.2, -0.15) is 0 Å². The zero-order valence-electron chi connectivity index (χ0n) is 12.6. The van der Waals surface area contributed by atoms with Crippen LogP contribution in [0, 0.1) is 0 Å². The second kappa shape index (κ2) is 6.64. The second-order valence-corrected chi connectivity index (χ2v) is 5.57. The number of aromatic nitrogens is 3. The van der Waals surface area contributed by atoms with Gasteiger partial charge in [0.1, 0.15) is 12.3 Å². The topological polar surface area (TPSA) is 101 Å². The van der Waals surface area contributed by atoms with E-state index in [1.165, 1.54) is 10.9 Å². The molecule has 2 aromatic heterocycles. The van der Waals surface area contributed by atoms with Gasteiger partial charge in [-0.15, -0.1) is 5.10 Å². The van der Waals surface area contributed by atoms with Crippen molar-refractivity contribution in [2.45, 2.75) is 38.3 Å². The van der Waals surface area contributed by atoms with E-state index in [0.29, 0.717) is 6.54 Å². The Morgan fingerprint density at radius 3 is 2.91 bits per heavy atom. The summed E-state index contributed by atoms with van der Waals surface area (Å²) >= 11 is 0. The van der Waals surface area contributed by atoms with Gasteiger partial charge in [0.25, 0.3) is 0 Å². The third-order valence-electron chi connectivity index (χ3n) is 4.00. The SMILES string of the molecule is O=C(O)c1cn(CC(=O)N2CCCCCC2c2ccco2)nn1. The zero-order valence-corrected chi connectivity index (χ0v) is 12.6. The fourth-order valence-corrected chi connectivity index (χ4v) is 2.89. The van der Waals surface area contributed by atoms with Gasteiger partial charge >= 0.3 is 5.97 Å². The van der Waals surface area contributed by atoms with Crippen molar-refractivity contribution in [2.75, 3.05) is 6.54 Å². The molecule has 2 aromatic rings. The number of carbonyl (C=O) groups excluding carboxylic acids is 1. The predicted molar refractivity (Wildman–Crippen MR) is 78.6 cm³/mol. The zero-order chi connectivity index (χ0) is 16.2. The molecule has 23 heavy (non-hydrogen) atoms. The van der Waals surface area contributed by atoms with Crippen molar-refractivity contribution in [2.24, 2.45) is 0 Å². The Balaban J connectivity index is 1.75. The molecule has 0 spiro atoms. The third-order valence-corrected chi connectivity index (χ3v) is 4.00. The molecule has 1 fully saturated rings. The number of hydrogen-bond acceptors (Lipinski definition) is 5. The van der Waals surface area contributed by atoms with E-state index < -0.39 is 5.97 Å². The van der Waals surface area contributed by atoms with Gasteiger partial charge in [-0.05, 0) is 25.0 Å². The van der Waals surface area contributed by atoms with E-state index in [1.807, 2.05) is 12.1 Å². The maximum Gasteiger partial charge on any atom is 0.358 e. The molecule has 0 aliphatic carbocycles. The van der Waals surface area contributed by atoms with E-state index >= 15 is 0 Å². The standard InChI is InChI=1S/C15H18N4O4/c20-14(10-18-9-11(15(21)22)16-17-18)19-7-3-1-2-5-12(19)13-6-4-8-23-13/h4,6,8-9,12H,1-3,5,7,10H2,(H,21,22). The minimum Gasteiger partial charge on any atom is -0.476 e. The lowest BCUT2D eigenvalue weighted by atomic mass is 10.1. The number of carbonyl (C=O) groups is 2. The highest BCUT2D eigenvalue weighted by Gasteiger charge is 2.28. The first-order valence-corrected chi connectivity index (χ1v) is 7.61. The van der Waals surface area contributed by atoms with Gasteiger partial charge in [0.05, 0.1) is 18.5 Å². The van der Waals surface area contributed by atoms with E-state index in [9.17, 15) is 9.59 Å². The van der Waals surface area contributed by atoms with Crippen LogP contribution in [0.25, 0.3) is 0 Å². The van der Waals surface area contributed by atoms with Crippen molar-refractivity contribution in [3.05, 3.63) is 36.0 Å². The monoisotopic (exact) mass is 318 g/mol. The number of carboxylic acid groups (broad SMARTS) is 1. The number of furan rings is 1. The summed E-state index contributed by atoms with van der Waals surface area (Å²) in [4.78, 5) is 25.3. The number of likely N-dealkylation sites (tertiary alicyclic amines) is 1. The molecular formula is C15H18N4O4. The Morgan fingerprint density at radius 1 is 1.35 bits per heavy atom. The fourth-order valence-electron chi connectivity index (χ4n) is 2.89. The van der Waals surface area contributed by atoms with Crippen LogP contribution in [0.5, 0.6) is 0 Å². The first kappa shape index (κ1) is 15.3. The van der Waals surface area contributed by atoms with Gasteiger partial charge < -0.3 is 14.4 Å². The number of rotatable bonds is 4. The Bertz CT molecular complexity index is 679. The maximum atomic E-state index is 12.7. The molecule has 0 aromatic carbocycles. The van der Waals surface area contributed by atoms with Crippen LogP contribution >= 0.6 is 0 Å². The van der Waals surface area contributed by atoms with Crippen LogP contribution in [0.4, 0.5) is 0 Å². The lowest BCUT2D eigenvalue weighted by molar-refractivity contribution is -0.135. The molecule has 1 N–H and O–H groups in total. The highest BCUT2D eigenvalue weighted by Crippen LogP contribution is 2.30. The maximum absolute atomic E-state index is 12.7. The van der Waals surface area contributed by atoms with Crippen LogP contribution in [0.1, 0.15) is 48.0 Å². The second-order valence-electron chi connectivity index (χ2n) is 5.57. The molecule has 3 rings (SSSR count).